The maximum absolute atomic E-state index is 9.97. The third-order valence-corrected chi connectivity index (χ3v) is 0.892. The average molecular weight is 114 g/mol. The van der Waals surface area contributed by atoms with Crippen LogP contribution in [0.5, 0.6) is 0 Å². The van der Waals surface area contributed by atoms with Crippen LogP contribution in [0.3, 0.4) is 0 Å². The Labute approximate surface area is 49.8 Å². The standard InChI is InChI=1S/C6H10O2/c1-4-5(2)8-6(3)7/h3,5H,4H2,1-2H3. The summed E-state index contributed by atoms with van der Waals surface area (Å²) < 4.78 is 4.54. The van der Waals surface area contributed by atoms with Gasteiger partial charge in [0.05, 0.1) is 13.0 Å². The second-order valence-corrected chi connectivity index (χ2v) is 1.66. The van der Waals surface area contributed by atoms with Gasteiger partial charge in [-0.05, 0) is 13.3 Å². The van der Waals surface area contributed by atoms with Crippen LogP contribution in [-0.2, 0) is 9.53 Å². The van der Waals surface area contributed by atoms with Crippen LogP contribution in [0.25, 0.3) is 0 Å². The summed E-state index contributed by atoms with van der Waals surface area (Å²) in [5, 5.41) is 0. The summed E-state index contributed by atoms with van der Waals surface area (Å²) in [6.45, 7) is 8.43. The van der Waals surface area contributed by atoms with E-state index in [1.807, 2.05) is 6.92 Å². The van der Waals surface area contributed by atoms with Crippen molar-refractivity contribution in [2.75, 3.05) is 0 Å². The molecule has 0 heterocycles. The summed E-state index contributed by atoms with van der Waals surface area (Å²) in [6, 6.07) is 0. The van der Waals surface area contributed by atoms with Crippen molar-refractivity contribution in [1.82, 2.24) is 0 Å². The topological polar surface area (TPSA) is 26.3 Å². The second-order valence-electron chi connectivity index (χ2n) is 1.66. The monoisotopic (exact) mass is 114 g/mol. The van der Waals surface area contributed by atoms with Crippen LogP contribution in [0.2, 0.25) is 0 Å². The van der Waals surface area contributed by atoms with Gasteiger partial charge in [0, 0.05) is 0 Å². The number of ether oxygens (including phenoxy) is 1. The van der Waals surface area contributed by atoms with Crippen molar-refractivity contribution in [2.45, 2.75) is 26.4 Å². The summed E-state index contributed by atoms with van der Waals surface area (Å²) in [5.41, 5.74) is 0. The number of hydrogen-bond acceptors (Lipinski definition) is 2. The molecule has 2 nitrogen and oxygen atoms in total. The highest BCUT2D eigenvalue weighted by atomic mass is 16.5. The number of rotatable bonds is 2. The van der Waals surface area contributed by atoms with Gasteiger partial charge in [-0.2, -0.15) is 0 Å². The highest BCUT2D eigenvalue weighted by Gasteiger charge is 1.99. The SMILES string of the molecule is [CH]C(=O)OC(C)CC. The van der Waals surface area contributed by atoms with Crippen molar-refractivity contribution in [3.8, 4) is 0 Å². The van der Waals surface area contributed by atoms with E-state index in [4.69, 9.17) is 6.92 Å². The van der Waals surface area contributed by atoms with E-state index in [0.29, 0.717) is 0 Å². The molecule has 46 valence electrons. The van der Waals surface area contributed by atoms with E-state index in [1.165, 1.54) is 0 Å². The van der Waals surface area contributed by atoms with Gasteiger partial charge in [0.1, 0.15) is 0 Å². The first-order valence-corrected chi connectivity index (χ1v) is 2.63. The number of esters is 1. The van der Waals surface area contributed by atoms with Gasteiger partial charge in [0.15, 0.2) is 0 Å². The molecule has 0 saturated carbocycles. The molecule has 0 rings (SSSR count). The molecular formula is C6H10O2. The van der Waals surface area contributed by atoms with Gasteiger partial charge in [-0.25, -0.2) is 0 Å². The van der Waals surface area contributed by atoms with Crippen LogP contribution in [0.1, 0.15) is 20.3 Å². The van der Waals surface area contributed by atoms with Gasteiger partial charge in [-0.3, -0.25) is 4.79 Å². The van der Waals surface area contributed by atoms with Crippen LogP contribution < -0.4 is 0 Å². The van der Waals surface area contributed by atoms with Gasteiger partial charge in [-0.1, -0.05) is 6.92 Å². The molecule has 2 radical (unpaired) electrons. The van der Waals surface area contributed by atoms with Gasteiger partial charge >= 0.3 is 5.97 Å². The lowest BCUT2D eigenvalue weighted by molar-refractivity contribution is -0.142. The average Bonchev–Trinajstić information content (AvgIpc) is 1.65. The summed E-state index contributed by atoms with van der Waals surface area (Å²) in [6.07, 6.45) is 0.760. The van der Waals surface area contributed by atoms with Gasteiger partial charge in [0.2, 0.25) is 0 Å². The number of hydrogen-bond donors (Lipinski definition) is 0. The molecule has 0 aromatic rings. The molecule has 1 unspecified atom stereocenters. The lowest BCUT2D eigenvalue weighted by Gasteiger charge is -2.06. The molecule has 0 aliphatic rings. The molecule has 0 aliphatic heterocycles. The van der Waals surface area contributed by atoms with Crippen LogP contribution in [0.4, 0.5) is 0 Å². The molecule has 0 bridgehead atoms. The Hall–Kier alpha value is -0.530. The van der Waals surface area contributed by atoms with Gasteiger partial charge in [0.25, 0.3) is 0 Å². The zero-order valence-electron chi connectivity index (χ0n) is 5.18. The first-order chi connectivity index (χ1) is 3.66. The van der Waals surface area contributed by atoms with Gasteiger partial charge < -0.3 is 4.74 Å². The quantitative estimate of drug-likeness (QED) is 0.501. The summed E-state index contributed by atoms with van der Waals surface area (Å²) in [7, 11) is 0. The highest BCUT2D eigenvalue weighted by Crippen LogP contribution is 1.94. The Balaban J connectivity index is 3.24. The van der Waals surface area contributed by atoms with Gasteiger partial charge in [-0.15, -0.1) is 0 Å². The van der Waals surface area contributed by atoms with Crippen molar-refractivity contribution in [2.24, 2.45) is 0 Å². The van der Waals surface area contributed by atoms with E-state index < -0.39 is 5.97 Å². The second kappa shape index (κ2) is 3.47. The van der Waals surface area contributed by atoms with Crippen molar-refractivity contribution in [1.29, 1.82) is 0 Å². The third kappa shape index (κ3) is 3.65. The predicted octanol–water partition coefficient (Wildman–Crippen LogP) is 1.04. The van der Waals surface area contributed by atoms with Crippen molar-refractivity contribution >= 4 is 5.97 Å². The lowest BCUT2D eigenvalue weighted by atomic mass is 10.3. The third-order valence-electron chi connectivity index (χ3n) is 0.892. The molecule has 0 aromatic heterocycles. The Morgan fingerprint density at radius 1 is 1.88 bits per heavy atom. The van der Waals surface area contributed by atoms with Crippen molar-refractivity contribution in [3.63, 3.8) is 0 Å². The molecule has 0 fully saturated rings. The minimum atomic E-state index is -0.695. The molecule has 0 spiro atoms. The fraction of sp³-hybridized carbons (Fsp3) is 0.667. The predicted molar refractivity (Wildman–Crippen MR) is 30.1 cm³/mol. The van der Waals surface area contributed by atoms with Crippen LogP contribution in [0, 0.1) is 6.92 Å². The smallest absolute Gasteiger partial charge is 0.311 e. The molecule has 1 atom stereocenters. The molecule has 0 aromatic carbocycles. The number of carbonyl (C=O) groups is 1. The van der Waals surface area contributed by atoms with E-state index >= 15 is 0 Å². The summed E-state index contributed by atoms with van der Waals surface area (Å²) >= 11 is 0. The fourth-order valence-corrected chi connectivity index (χ4v) is 0.282. The lowest BCUT2D eigenvalue weighted by Crippen LogP contribution is -2.10. The highest BCUT2D eigenvalue weighted by molar-refractivity contribution is 5.73. The van der Waals surface area contributed by atoms with Crippen LogP contribution in [0.15, 0.2) is 0 Å². The molecule has 0 aliphatic carbocycles. The molecule has 0 amide bonds. The van der Waals surface area contributed by atoms with E-state index in [1.54, 1.807) is 6.92 Å². The molecule has 0 N–H and O–H groups in total. The number of carbonyl (C=O) groups excluding carboxylic acids is 1. The van der Waals surface area contributed by atoms with E-state index in [-0.39, 0.29) is 6.10 Å². The zero-order chi connectivity index (χ0) is 6.57. The first-order valence-electron chi connectivity index (χ1n) is 2.63. The van der Waals surface area contributed by atoms with E-state index in [0.717, 1.165) is 6.42 Å². The molecule has 0 saturated heterocycles. The Kier molecular flexibility index (Phi) is 3.24. The molecular weight excluding hydrogens is 104 g/mol. The minimum absolute atomic E-state index is 0.0486. The Morgan fingerprint density at radius 2 is 2.38 bits per heavy atom. The van der Waals surface area contributed by atoms with Crippen molar-refractivity contribution < 1.29 is 9.53 Å². The maximum atomic E-state index is 9.97. The zero-order valence-corrected chi connectivity index (χ0v) is 5.18. The van der Waals surface area contributed by atoms with E-state index in [2.05, 4.69) is 4.74 Å². The minimum Gasteiger partial charge on any atom is -0.462 e. The summed E-state index contributed by atoms with van der Waals surface area (Å²) in [4.78, 5) is 9.97. The first kappa shape index (κ1) is 7.47. The summed E-state index contributed by atoms with van der Waals surface area (Å²) in [5.74, 6) is -0.695. The Bertz CT molecular complexity index is 78.6. The van der Waals surface area contributed by atoms with Crippen molar-refractivity contribution in [3.05, 3.63) is 6.92 Å². The largest absolute Gasteiger partial charge is 0.462 e. The molecule has 2 heteroatoms. The maximum Gasteiger partial charge on any atom is 0.311 e. The normalized spacial score (nSPS) is 12.9. The van der Waals surface area contributed by atoms with Crippen LogP contribution in [-0.4, -0.2) is 12.1 Å². The molecule has 8 heavy (non-hydrogen) atoms. The van der Waals surface area contributed by atoms with Crippen LogP contribution >= 0.6 is 0 Å². The van der Waals surface area contributed by atoms with E-state index in [9.17, 15) is 4.79 Å². The Morgan fingerprint density at radius 3 is 2.50 bits per heavy atom. The fourth-order valence-electron chi connectivity index (χ4n) is 0.282.